The minimum atomic E-state index is -0.375. The van der Waals surface area contributed by atoms with Crippen LogP contribution in [0.2, 0.25) is 0 Å². The van der Waals surface area contributed by atoms with Gasteiger partial charge in [0, 0.05) is 18.7 Å². The van der Waals surface area contributed by atoms with E-state index in [0.29, 0.717) is 6.54 Å². The number of nitrogens with one attached hydrogen (secondary N) is 2. The lowest BCUT2D eigenvalue weighted by Crippen LogP contribution is -2.28. The summed E-state index contributed by atoms with van der Waals surface area (Å²) in [6.07, 6.45) is 2.03. The molecular weight excluding hydrogens is 288 g/mol. The minimum absolute atomic E-state index is 0.0742. The predicted octanol–water partition coefficient (Wildman–Crippen LogP) is 2.86. The first kappa shape index (κ1) is 15.3. The zero-order chi connectivity index (χ0) is 16.1. The van der Waals surface area contributed by atoms with Gasteiger partial charge in [-0.25, -0.2) is 0 Å². The maximum absolute atomic E-state index is 12.1. The molecule has 4 heteroatoms. The number of rotatable bonds is 6. The molecule has 1 atom stereocenters. The minimum Gasteiger partial charge on any atom is -0.356 e. The predicted molar refractivity (Wildman–Crippen MR) is 90.2 cm³/mol. The lowest BCUT2D eigenvalue weighted by atomic mass is 9.97. The number of aryl methyl sites for hydroxylation is 1. The highest BCUT2D eigenvalue weighted by atomic mass is 16.2. The van der Waals surface area contributed by atoms with Gasteiger partial charge < -0.3 is 10.6 Å². The maximum Gasteiger partial charge on any atom is 0.232 e. The quantitative estimate of drug-likeness (QED) is 0.806. The second-order valence-electron chi connectivity index (χ2n) is 5.77. The fraction of sp³-hybridized carbons (Fsp3) is 0.263. The molecule has 2 aromatic rings. The molecule has 118 valence electrons. The van der Waals surface area contributed by atoms with Gasteiger partial charge in [-0.05, 0) is 30.0 Å². The van der Waals surface area contributed by atoms with E-state index in [4.69, 9.17) is 0 Å². The second kappa shape index (κ2) is 7.09. The van der Waals surface area contributed by atoms with Gasteiger partial charge in [0.1, 0.15) is 0 Å². The van der Waals surface area contributed by atoms with E-state index in [1.54, 1.807) is 0 Å². The van der Waals surface area contributed by atoms with Crippen LogP contribution in [-0.4, -0.2) is 18.4 Å². The zero-order valence-corrected chi connectivity index (χ0v) is 12.9. The number of amides is 2. The molecule has 3 rings (SSSR count). The van der Waals surface area contributed by atoms with Crippen molar-refractivity contribution in [3.63, 3.8) is 0 Å². The Morgan fingerprint density at radius 1 is 1.04 bits per heavy atom. The van der Waals surface area contributed by atoms with Crippen LogP contribution >= 0.6 is 0 Å². The van der Waals surface area contributed by atoms with Crippen LogP contribution in [0.4, 0.5) is 5.69 Å². The first-order chi connectivity index (χ1) is 11.2. The number of anilines is 1. The summed E-state index contributed by atoms with van der Waals surface area (Å²) in [5.74, 6) is -0.541. The van der Waals surface area contributed by atoms with E-state index in [1.807, 2.05) is 42.5 Å². The Morgan fingerprint density at radius 3 is 2.61 bits per heavy atom. The van der Waals surface area contributed by atoms with Crippen molar-refractivity contribution in [1.29, 1.82) is 0 Å². The van der Waals surface area contributed by atoms with Gasteiger partial charge >= 0.3 is 0 Å². The molecule has 1 unspecified atom stereocenters. The standard InChI is InChI=1S/C19H20N2O2/c22-18(20-12-6-9-14-7-2-1-3-8-14)13-16-15-10-4-5-11-17(15)21-19(16)23/h1-5,7-8,10-11,16H,6,9,12-13H2,(H,20,22)(H,21,23). The second-order valence-corrected chi connectivity index (χ2v) is 5.77. The highest BCUT2D eigenvalue weighted by molar-refractivity contribution is 6.04. The molecule has 0 spiro atoms. The van der Waals surface area contributed by atoms with Crippen LogP contribution in [0.5, 0.6) is 0 Å². The van der Waals surface area contributed by atoms with Crippen molar-refractivity contribution in [1.82, 2.24) is 5.32 Å². The monoisotopic (exact) mass is 308 g/mol. The van der Waals surface area contributed by atoms with Gasteiger partial charge in [0.15, 0.2) is 0 Å². The molecule has 0 saturated heterocycles. The van der Waals surface area contributed by atoms with E-state index in [0.717, 1.165) is 24.1 Å². The molecule has 1 aliphatic rings. The Morgan fingerprint density at radius 2 is 1.78 bits per heavy atom. The van der Waals surface area contributed by atoms with Crippen molar-refractivity contribution in [2.75, 3.05) is 11.9 Å². The Hall–Kier alpha value is -2.62. The smallest absolute Gasteiger partial charge is 0.232 e. The maximum atomic E-state index is 12.1. The van der Waals surface area contributed by atoms with Crippen molar-refractivity contribution in [2.45, 2.75) is 25.2 Å². The van der Waals surface area contributed by atoms with Gasteiger partial charge in [0.2, 0.25) is 11.8 Å². The fourth-order valence-corrected chi connectivity index (χ4v) is 2.90. The fourth-order valence-electron chi connectivity index (χ4n) is 2.90. The molecule has 0 aliphatic carbocycles. The van der Waals surface area contributed by atoms with E-state index in [2.05, 4.69) is 22.8 Å². The molecule has 0 fully saturated rings. The van der Waals surface area contributed by atoms with Crippen LogP contribution in [-0.2, 0) is 16.0 Å². The largest absolute Gasteiger partial charge is 0.356 e. The van der Waals surface area contributed by atoms with Crippen molar-refractivity contribution >= 4 is 17.5 Å². The molecule has 0 aromatic heterocycles. The Kier molecular flexibility index (Phi) is 4.71. The summed E-state index contributed by atoms with van der Waals surface area (Å²) >= 11 is 0. The van der Waals surface area contributed by atoms with E-state index in [-0.39, 0.29) is 24.2 Å². The van der Waals surface area contributed by atoms with Crippen molar-refractivity contribution in [3.05, 3.63) is 65.7 Å². The number of carbonyl (C=O) groups excluding carboxylic acids is 2. The average Bonchev–Trinajstić information content (AvgIpc) is 2.88. The van der Waals surface area contributed by atoms with E-state index < -0.39 is 0 Å². The zero-order valence-electron chi connectivity index (χ0n) is 12.9. The van der Waals surface area contributed by atoms with Crippen LogP contribution in [0.1, 0.15) is 29.9 Å². The molecule has 0 saturated carbocycles. The Bertz CT molecular complexity index is 698. The van der Waals surface area contributed by atoms with Crippen LogP contribution in [0, 0.1) is 0 Å². The SMILES string of the molecule is O=C(CC1C(=O)Nc2ccccc21)NCCCc1ccccc1. The molecule has 4 nitrogen and oxygen atoms in total. The summed E-state index contributed by atoms with van der Waals surface area (Å²) in [5.41, 5.74) is 3.00. The molecule has 0 bridgehead atoms. The summed E-state index contributed by atoms with van der Waals surface area (Å²) < 4.78 is 0. The first-order valence-corrected chi connectivity index (χ1v) is 7.94. The van der Waals surface area contributed by atoms with E-state index in [1.165, 1.54) is 5.56 Å². The first-order valence-electron chi connectivity index (χ1n) is 7.94. The van der Waals surface area contributed by atoms with Gasteiger partial charge in [-0.3, -0.25) is 9.59 Å². The summed E-state index contributed by atoms with van der Waals surface area (Å²) in [6.45, 7) is 0.629. The van der Waals surface area contributed by atoms with Crippen LogP contribution in [0.25, 0.3) is 0 Å². The molecule has 1 aliphatic heterocycles. The van der Waals surface area contributed by atoms with Gasteiger partial charge in [0.05, 0.1) is 5.92 Å². The molecule has 2 amide bonds. The topological polar surface area (TPSA) is 58.2 Å². The molecule has 23 heavy (non-hydrogen) atoms. The van der Waals surface area contributed by atoms with Gasteiger partial charge in [-0.1, -0.05) is 48.5 Å². The Labute approximate surface area is 135 Å². The third-order valence-corrected chi connectivity index (χ3v) is 4.11. The molecule has 2 aromatic carbocycles. The third kappa shape index (κ3) is 3.77. The number of benzene rings is 2. The molecule has 1 heterocycles. The lowest BCUT2D eigenvalue weighted by Gasteiger charge is -2.09. The third-order valence-electron chi connectivity index (χ3n) is 4.11. The number of para-hydroxylation sites is 1. The summed E-state index contributed by atoms with van der Waals surface area (Å²) in [7, 11) is 0. The highest BCUT2D eigenvalue weighted by Crippen LogP contribution is 2.34. The molecule has 0 radical (unpaired) electrons. The van der Waals surface area contributed by atoms with Crippen LogP contribution < -0.4 is 10.6 Å². The van der Waals surface area contributed by atoms with E-state index >= 15 is 0 Å². The Balaban J connectivity index is 1.46. The van der Waals surface area contributed by atoms with Gasteiger partial charge in [-0.2, -0.15) is 0 Å². The highest BCUT2D eigenvalue weighted by Gasteiger charge is 2.31. The lowest BCUT2D eigenvalue weighted by molar-refractivity contribution is -0.125. The van der Waals surface area contributed by atoms with E-state index in [9.17, 15) is 9.59 Å². The number of carbonyl (C=O) groups is 2. The normalized spacial score (nSPS) is 15.8. The summed E-state index contributed by atoms with van der Waals surface area (Å²) in [6, 6.07) is 17.7. The van der Waals surface area contributed by atoms with Crippen molar-refractivity contribution < 1.29 is 9.59 Å². The molecule has 2 N–H and O–H groups in total. The number of hydrogen-bond donors (Lipinski definition) is 2. The number of hydrogen-bond acceptors (Lipinski definition) is 2. The molecular formula is C19H20N2O2. The number of fused-ring (bicyclic) bond motifs is 1. The average molecular weight is 308 g/mol. The van der Waals surface area contributed by atoms with Gasteiger partial charge in [0.25, 0.3) is 0 Å². The van der Waals surface area contributed by atoms with Gasteiger partial charge in [-0.15, -0.1) is 0 Å². The summed E-state index contributed by atoms with van der Waals surface area (Å²) in [5, 5.41) is 5.73. The van der Waals surface area contributed by atoms with Crippen molar-refractivity contribution in [3.8, 4) is 0 Å². The van der Waals surface area contributed by atoms with Crippen molar-refractivity contribution in [2.24, 2.45) is 0 Å². The van der Waals surface area contributed by atoms with Crippen LogP contribution in [0.15, 0.2) is 54.6 Å². The van der Waals surface area contributed by atoms with Crippen LogP contribution in [0.3, 0.4) is 0 Å². The summed E-state index contributed by atoms with van der Waals surface area (Å²) in [4.78, 5) is 24.1.